The van der Waals surface area contributed by atoms with Crippen LogP contribution in [0.3, 0.4) is 0 Å². The minimum atomic E-state index is -0.388. The SMILES string of the molecule is CCSc1nnc(-c2cccs2)n1CC(N)=O. The molecule has 2 aromatic heterocycles. The van der Waals surface area contributed by atoms with E-state index in [-0.39, 0.29) is 12.5 Å². The summed E-state index contributed by atoms with van der Waals surface area (Å²) in [7, 11) is 0. The number of carbonyl (C=O) groups excluding carboxylic acids is 1. The summed E-state index contributed by atoms with van der Waals surface area (Å²) in [6.45, 7) is 2.14. The van der Waals surface area contributed by atoms with Crippen LogP contribution in [0.5, 0.6) is 0 Å². The third-order valence-corrected chi connectivity index (χ3v) is 3.76. The molecule has 0 saturated carbocycles. The molecule has 0 atom stereocenters. The van der Waals surface area contributed by atoms with E-state index in [0.717, 1.165) is 15.8 Å². The van der Waals surface area contributed by atoms with Crippen molar-refractivity contribution in [3.05, 3.63) is 17.5 Å². The van der Waals surface area contributed by atoms with Crippen LogP contribution in [0.2, 0.25) is 0 Å². The highest BCUT2D eigenvalue weighted by molar-refractivity contribution is 7.99. The van der Waals surface area contributed by atoms with Gasteiger partial charge in [-0.2, -0.15) is 0 Å². The zero-order chi connectivity index (χ0) is 12.3. The zero-order valence-electron chi connectivity index (χ0n) is 9.29. The third-order valence-electron chi connectivity index (χ3n) is 2.05. The second-order valence-electron chi connectivity index (χ2n) is 3.27. The number of hydrogen-bond donors (Lipinski definition) is 1. The summed E-state index contributed by atoms with van der Waals surface area (Å²) >= 11 is 3.11. The van der Waals surface area contributed by atoms with Crippen LogP contribution in [0, 0.1) is 0 Å². The zero-order valence-corrected chi connectivity index (χ0v) is 10.9. The van der Waals surface area contributed by atoms with E-state index < -0.39 is 0 Å². The molecule has 0 aliphatic rings. The third kappa shape index (κ3) is 2.67. The number of thiophene rings is 1. The average Bonchev–Trinajstić information content (AvgIpc) is 2.88. The van der Waals surface area contributed by atoms with Crippen molar-refractivity contribution in [2.24, 2.45) is 5.73 Å². The van der Waals surface area contributed by atoms with Crippen LogP contribution in [0.15, 0.2) is 22.7 Å². The lowest BCUT2D eigenvalue weighted by Gasteiger charge is -2.05. The molecule has 0 bridgehead atoms. The molecule has 0 fully saturated rings. The summed E-state index contributed by atoms with van der Waals surface area (Å²) in [5.41, 5.74) is 5.25. The molecular formula is C10H12N4OS2. The summed E-state index contributed by atoms with van der Waals surface area (Å²) in [5.74, 6) is 1.19. The summed E-state index contributed by atoms with van der Waals surface area (Å²) in [6, 6.07) is 3.89. The molecule has 0 saturated heterocycles. The van der Waals surface area contributed by atoms with Gasteiger partial charge in [0.15, 0.2) is 11.0 Å². The highest BCUT2D eigenvalue weighted by atomic mass is 32.2. The van der Waals surface area contributed by atoms with Crippen molar-refractivity contribution in [3.8, 4) is 10.7 Å². The van der Waals surface area contributed by atoms with Crippen LogP contribution < -0.4 is 5.73 Å². The lowest BCUT2D eigenvalue weighted by molar-refractivity contribution is -0.118. The predicted molar refractivity (Wildman–Crippen MR) is 68.9 cm³/mol. The van der Waals surface area contributed by atoms with Crippen molar-refractivity contribution >= 4 is 29.0 Å². The van der Waals surface area contributed by atoms with Gasteiger partial charge in [-0.15, -0.1) is 21.5 Å². The van der Waals surface area contributed by atoms with E-state index in [2.05, 4.69) is 10.2 Å². The van der Waals surface area contributed by atoms with Gasteiger partial charge in [0.2, 0.25) is 5.91 Å². The molecule has 0 aliphatic heterocycles. The van der Waals surface area contributed by atoms with Crippen LogP contribution in [-0.2, 0) is 11.3 Å². The molecule has 7 heteroatoms. The quantitative estimate of drug-likeness (QED) is 0.836. The van der Waals surface area contributed by atoms with Crippen molar-refractivity contribution in [2.45, 2.75) is 18.6 Å². The molecule has 2 rings (SSSR count). The Morgan fingerprint density at radius 1 is 1.59 bits per heavy atom. The number of rotatable bonds is 5. The Morgan fingerprint density at radius 3 is 3.00 bits per heavy atom. The number of thioether (sulfide) groups is 1. The first kappa shape index (κ1) is 12.1. The van der Waals surface area contributed by atoms with Crippen LogP contribution in [-0.4, -0.2) is 26.4 Å². The standard InChI is InChI=1S/C10H12N4OS2/c1-2-16-10-13-12-9(7-4-3-5-17-7)14(10)6-8(11)15/h3-5H,2,6H2,1H3,(H2,11,15). The molecule has 2 aromatic rings. The van der Waals surface area contributed by atoms with E-state index in [0.29, 0.717) is 5.82 Å². The molecule has 0 spiro atoms. The van der Waals surface area contributed by atoms with Gasteiger partial charge < -0.3 is 5.73 Å². The first-order chi connectivity index (χ1) is 8.22. The van der Waals surface area contributed by atoms with Crippen LogP contribution in [0.4, 0.5) is 0 Å². The Kier molecular flexibility index (Phi) is 3.80. The van der Waals surface area contributed by atoms with E-state index in [9.17, 15) is 4.79 Å². The molecule has 1 amide bonds. The van der Waals surface area contributed by atoms with Crippen LogP contribution in [0.25, 0.3) is 10.7 Å². The Balaban J connectivity index is 2.41. The van der Waals surface area contributed by atoms with Gasteiger partial charge in [-0.1, -0.05) is 24.8 Å². The largest absolute Gasteiger partial charge is 0.368 e. The summed E-state index contributed by atoms with van der Waals surface area (Å²) < 4.78 is 1.77. The number of hydrogen-bond acceptors (Lipinski definition) is 5. The fourth-order valence-corrected chi connectivity index (χ4v) is 2.79. The number of primary amides is 1. The first-order valence-electron chi connectivity index (χ1n) is 5.10. The first-order valence-corrected chi connectivity index (χ1v) is 6.97. The van der Waals surface area contributed by atoms with Crippen LogP contribution in [0.1, 0.15) is 6.92 Å². The second-order valence-corrected chi connectivity index (χ2v) is 5.45. The van der Waals surface area contributed by atoms with Gasteiger partial charge in [-0.3, -0.25) is 9.36 Å². The monoisotopic (exact) mass is 268 g/mol. The maximum atomic E-state index is 11.1. The average molecular weight is 268 g/mol. The molecule has 0 aliphatic carbocycles. The number of nitrogens with two attached hydrogens (primary N) is 1. The number of aromatic nitrogens is 3. The molecule has 90 valence electrons. The second kappa shape index (κ2) is 5.33. The molecule has 0 aromatic carbocycles. The maximum absolute atomic E-state index is 11.1. The predicted octanol–water partition coefficient (Wildman–Crippen LogP) is 1.60. The lowest BCUT2D eigenvalue weighted by Crippen LogP contribution is -2.19. The van der Waals surface area contributed by atoms with E-state index in [1.54, 1.807) is 27.7 Å². The van der Waals surface area contributed by atoms with Crippen molar-refractivity contribution < 1.29 is 4.79 Å². The van der Waals surface area contributed by atoms with Gasteiger partial charge in [-0.05, 0) is 17.2 Å². The van der Waals surface area contributed by atoms with Gasteiger partial charge in [0.25, 0.3) is 0 Å². The Labute approximate surface area is 107 Å². The lowest BCUT2D eigenvalue weighted by atomic mass is 10.4. The molecule has 2 N–H and O–H groups in total. The number of nitrogens with zero attached hydrogens (tertiary/aromatic N) is 3. The Bertz CT molecular complexity index is 506. The normalized spacial score (nSPS) is 10.6. The smallest absolute Gasteiger partial charge is 0.237 e. The van der Waals surface area contributed by atoms with Gasteiger partial charge in [0.1, 0.15) is 6.54 Å². The molecule has 17 heavy (non-hydrogen) atoms. The number of carbonyl (C=O) groups is 1. The molecule has 5 nitrogen and oxygen atoms in total. The summed E-state index contributed by atoms with van der Waals surface area (Å²) in [4.78, 5) is 12.1. The van der Waals surface area contributed by atoms with Gasteiger partial charge >= 0.3 is 0 Å². The van der Waals surface area contributed by atoms with E-state index in [1.165, 1.54) is 0 Å². The summed E-state index contributed by atoms with van der Waals surface area (Å²) in [6.07, 6.45) is 0. The van der Waals surface area contributed by atoms with Gasteiger partial charge in [0.05, 0.1) is 4.88 Å². The van der Waals surface area contributed by atoms with E-state index >= 15 is 0 Å². The highest BCUT2D eigenvalue weighted by Gasteiger charge is 2.15. The minimum absolute atomic E-state index is 0.114. The topological polar surface area (TPSA) is 73.8 Å². The molecule has 2 heterocycles. The fourth-order valence-electron chi connectivity index (χ4n) is 1.41. The van der Waals surface area contributed by atoms with Crippen molar-refractivity contribution in [2.75, 3.05) is 5.75 Å². The molecule has 0 unspecified atom stereocenters. The summed E-state index contributed by atoms with van der Waals surface area (Å²) in [5, 5.41) is 10.9. The Morgan fingerprint density at radius 2 is 2.41 bits per heavy atom. The fraction of sp³-hybridized carbons (Fsp3) is 0.300. The van der Waals surface area contributed by atoms with Crippen LogP contribution >= 0.6 is 23.1 Å². The van der Waals surface area contributed by atoms with Gasteiger partial charge in [-0.25, -0.2) is 0 Å². The highest BCUT2D eigenvalue weighted by Crippen LogP contribution is 2.26. The van der Waals surface area contributed by atoms with Crippen molar-refractivity contribution in [1.29, 1.82) is 0 Å². The Hall–Kier alpha value is -1.34. The minimum Gasteiger partial charge on any atom is -0.368 e. The van der Waals surface area contributed by atoms with Crippen molar-refractivity contribution in [3.63, 3.8) is 0 Å². The number of amides is 1. The molecule has 0 radical (unpaired) electrons. The maximum Gasteiger partial charge on any atom is 0.237 e. The van der Waals surface area contributed by atoms with Gasteiger partial charge in [0, 0.05) is 0 Å². The van der Waals surface area contributed by atoms with E-state index in [1.807, 2.05) is 24.4 Å². The van der Waals surface area contributed by atoms with E-state index in [4.69, 9.17) is 5.73 Å². The molecular weight excluding hydrogens is 256 g/mol. The van der Waals surface area contributed by atoms with Crippen molar-refractivity contribution in [1.82, 2.24) is 14.8 Å².